The number of fused-ring (bicyclic) bond motifs is 1. The molecular weight excluding hydrogens is 270 g/mol. The van der Waals surface area contributed by atoms with Gasteiger partial charge in [-0.3, -0.25) is 0 Å². The number of hydrogen-bond donors (Lipinski definition) is 2. The lowest BCUT2D eigenvalue weighted by Crippen LogP contribution is -2.37. The van der Waals surface area contributed by atoms with E-state index >= 15 is 0 Å². The van der Waals surface area contributed by atoms with E-state index in [2.05, 4.69) is 0 Å². The standard InChI is InChI=1S/C11H13N3O6/c1-2-6(8(15)16)13-10(19)12-5-3-4-7(9(17)18)14(12)11(13)20/h3-4,6-7H,2,5H2,1H3,(H,15,16)(H,17,18). The van der Waals surface area contributed by atoms with Crippen LogP contribution in [0, 0.1) is 0 Å². The number of carbonyl (C=O) groups is 2. The summed E-state index contributed by atoms with van der Waals surface area (Å²) in [5, 5.41) is 18.1. The summed E-state index contributed by atoms with van der Waals surface area (Å²) in [6.45, 7) is 1.56. The van der Waals surface area contributed by atoms with Gasteiger partial charge >= 0.3 is 23.3 Å². The fraction of sp³-hybridized carbons (Fsp3) is 0.455. The molecule has 9 nitrogen and oxygen atoms in total. The zero-order valence-electron chi connectivity index (χ0n) is 10.6. The molecule has 0 saturated carbocycles. The second kappa shape index (κ2) is 4.83. The van der Waals surface area contributed by atoms with Crippen LogP contribution in [0.3, 0.4) is 0 Å². The van der Waals surface area contributed by atoms with E-state index in [1.165, 1.54) is 19.1 Å². The van der Waals surface area contributed by atoms with Gasteiger partial charge in [0.05, 0.1) is 6.54 Å². The molecule has 2 N–H and O–H groups in total. The lowest BCUT2D eigenvalue weighted by Gasteiger charge is -2.16. The Hall–Kier alpha value is -2.58. The minimum atomic E-state index is -1.31. The van der Waals surface area contributed by atoms with Crippen LogP contribution in [0.4, 0.5) is 0 Å². The van der Waals surface area contributed by atoms with Gasteiger partial charge in [0.15, 0.2) is 6.04 Å². The number of carboxylic acid groups (broad SMARTS) is 2. The molecule has 0 spiro atoms. The van der Waals surface area contributed by atoms with E-state index in [1.54, 1.807) is 0 Å². The van der Waals surface area contributed by atoms with Crippen molar-refractivity contribution < 1.29 is 19.8 Å². The summed E-state index contributed by atoms with van der Waals surface area (Å²) >= 11 is 0. The second-order valence-electron chi connectivity index (χ2n) is 4.34. The first kappa shape index (κ1) is 13.8. The number of aliphatic carboxylic acids is 2. The highest BCUT2D eigenvalue weighted by Gasteiger charge is 2.32. The molecule has 9 heteroatoms. The molecule has 2 rings (SSSR count). The van der Waals surface area contributed by atoms with Gasteiger partial charge in [-0.25, -0.2) is 33.1 Å². The molecule has 0 aromatic carbocycles. The molecule has 0 fully saturated rings. The third kappa shape index (κ3) is 1.87. The lowest BCUT2D eigenvalue weighted by atomic mass is 10.2. The van der Waals surface area contributed by atoms with Gasteiger partial charge in [0, 0.05) is 0 Å². The summed E-state index contributed by atoms with van der Waals surface area (Å²) in [6.07, 6.45) is 2.78. The van der Waals surface area contributed by atoms with Gasteiger partial charge in [-0.05, 0) is 6.42 Å². The Labute approximate surface area is 112 Å². The van der Waals surface area contributed by atoms with Crippen molar-refractivity contribution in [3.63, 3.8) is 0 Å². The maximum atomic E-state index is 12.2. The summed E-state index contributed by atoms with van der Waals surface area (Å²) in [5.74, 6) is -2.60. The highest BCUT2D eigenvalue weighted by molar-refractivity contribution is 5.74. The summed E-state index contributed by atoms with van der Waals surface area (Å²) in [5.41, 5.74) is -1.75. The molecule has 1 aliphatic rings. The minimum absolute atomic E-state index is 0.0287. The smallest absolute Gasteiger partial charge is 0.349 e. The SMILES string of the molecule is CCC(C(=O)O)n1c(=O)n2n(c1=O)C(C(=O)O)C=CC2. The fourth-order valence-corrected chi connectivity index (χ4v) is 2.24. The van der Waals surface area contributed by atoms with E-state index < -0.39 is 35.4 Å². The van der Waals surface area contributed by atoms with Crippen LogP contribution in [0.25, 0.3) is 0 Å². The molecule has 2 atom stereocenters. The van der Waals surface area contributed by atoms with Crippen LogP contribution in [-0.2, 0) is 16.1 Å². The first-order valence-electron chi connectivity index (χ1n) is 5.96. The highest BCUT2D eigenvalue weighted by Crippen LogP contribution is 2.12. The first-order valence-corrected chi connectivity index (χ1v) is 5.96. The maximum Gasteiger partial charge on any atom is 0.349 e. The van der Waals surface area contributed by atoms with Gasteiger partial charge in [-0.1, -0.05) is 19.1 Å². The Balaban J connectivity index is 2.72. The largest absolute Gasteiger partial charge is 0.480 e. The average Bonchev–Trinajstić information content (AvgIpc) is 2.64. The van der Waals surface area contributed by atoms with Gasteiger partial charge in [-0.15, -0.1) is 0 Å². The first-order chi connectivity index (χ1) is 9.40. The monoisotopic (exact) mass is 283 g/mol. The molecule has 0 radical (unpaired) electrons. The van der Waals surface area contributed by atoms with Crippen molar-refractivity contribution in [1.82, 2.24) is 13.9 Å². The third-order valence-electron chi connectivity index (χ3n) is 3.19. The molecule has 0 saturated heterocycles. The number of nitrogens with zero attached hydrogens (tertiary/aromatic N) is 3. The van der Waals surface area contributed by atoms with E-state index in [0.29, 0.717) is 4.57 Å². The Kier molecular flexibility index (Phi) is 3.35. The second-order valence-corrected chi connectivity index (χ2v) is 4.34. The molecule has 108 valence electrons. The topological polar surface area (TPSA) is 124 Å². The average molecular weight is 283 g/mol. The van der Waals surface area contributed by atoms with Crippen LogP contribution in [0.1, 0.15) is 25.4 Å². The van der Waals surface area contributed by atoms with Crippen molar-refractivity contribution in [3.05, 3.63) is 33.1 Å². The number of aromatic nitrogens is 3. The zero-order valence-corrected chi connectivity index (χ0v) is 10.6. The van der Waals surface area contributed by atoms with Crippen LogP contribution in [0.15, 0.2) is 21.7 Å². The van der Waals surface area contributed by atoms with Crippen molar-refractivity contribution >= 4 is 11.9 Å². The molecule has 2 heterocycles. The molecule has 0 aliphatic carbocycles. The number of rotatable bonds is 4. The molecular formula is C11H13N3O6. The van der Waals surface area contributed by atoms with Gasteiger partial charge in [0.2, 0.25) is 0 Å². The van der Waals surface area contributed by atoms with Crippen LogP contribution < -0.4 is 11.4 Å². The van der Waals surface area contributed by atoms with Gasteiger partial charge in [0.1, 0.15) is 6.04 Å². The molecule has 1 aromatic rings. The summed E-state index contributed by atoms with van der Waals surface area (Å²) in [4.78, 5) is 46.5. The van der Waals surface area contributed by atoms with E-state index in [0.717, 1.165) is 9.36 Å². The molecule has 0 bridgehead atoms. The van der Waals surface area contributed by atoms with Crippen LogP contribution in [0.2, 0.25) is 0 Å². The van der Waals surface area contributed by atoms with E-state index in [9.17, 15) is 19.2 Å². The van der Waals surface area contributed by atoms with E-state index in [-0.39, 0.29) is 13.0 Å². The van der Waals surface area contributed by atoms with Gasteiger partial charge in [-0.2, -0.15) is 0 Å². The predicted octanol–water partition coefficient (Wildman–Crippen LogP) is -0.957. The van der Waals surface area contributed by atoms with Gasteiger partial charge < -0.3 is 10.2 Å². The maximum absolute atomic E-state index is 12.2. The Morgan fingerprint density at radius 2 is 2.00 bits per heavy atom. The Morgan fingerprint density at radius 3 is 2.50 bits per heavy atom. The van der Waals surface area contributed by atoms with Gasteiger partial charge in [0.25, 0.3) is 0 Å². The van der Waals surface area contributed by atoms with Crippen LogP contribution in [0.5, 0.6) is 0 Å². The number of hydrogen-bond acceptors (Lipinski definition) is 4. The quantitative estimate of drug-likeness (QED) is 0.686. The van der Waals surface area contributed by atoms with E-state index in [4.69, 9.17) is 10.2 Å². The van der Waals surface area contributed by atoms with Crippen LogP contribution >= 0.6 is 0 Å². The molecule has 1 aliphatic heterocycles. The lowest BCUT2D eigenvalue weighted by molar-refractivity contribution is -0.141. The molecule has 0 amide bonds. The number of allylic oxidation sites excluding steroid dienone is 1. The van der Waals surface area contributed by atoms with E-state index in [1.807, 2.05) is 0 Å². The third-order valence-corrected chi connectivity index (χ3v) is 3.19. The molecule has 20 heavy (non-hydrogen) atoms. The van der Waals surface area contributed by atoms with Crippen molar-refractivity contribution in [2.45, 2.75) is 32.0 Å². The number of carboxylic acids is 2. The fourth-order valence-electron chi connectivity index (χ4n) is 2.24. The molecule has 1 aromatic heterocycles. The van der Waals surface area contributed by atoms with Crippen molar-refractivity contribution in [3.8, 4) is 0 Å². The Bertz CT molecular complexity index is 707. The predicted molar refractivity (Wildman–Crippen MR) is 65.7 cm³/mol. The van der Waals surface area contributed by atoms with Crippen LogP contribution in [-0.4, -0.2) is 36.1 Å². The highest BCUT2D eigenvalue weighted by atomic mass is 16.4. The zero-order chi connectivity index (χ0) is 15.0. The molecule has 2 unspecified atom stereocenters. The van der Waals surface area contributed by atoms with Crippen molar-refractivity contribution in [2.24, 2.45) is 0 Å². The summed E-state index contributed by atoms with van der Waals surface area (Å²) < 4.78 is 2.30. The summed E-state index contributed by atoms with van der Waals surface area (Å²) in [6, 6.07) is -2.62. The Morgan fingerprint density at radius 1 is 1.35 bits per heavy atom. The minimum Gasteiger partial charge on any atom is -0.480 e. The van der Waals surface area contributed by atoms with Crippen molar-refractivity contribution in [2.75, 3.05) is 0 Å². The summed E-state index contributed by atoms with van der Waals surface area (Å²) in [7, 11) is 0. The van der Waals surface area contributed by atoms with Crippen molar-refractivity contribution in [1.29, 1.82) is 0 Å². The normalized spacial score (nSPS) is 18.6.